The number of aromatic nitrogens is 1. The van der Waals surface area contributed by atoms with Crippen LogP contribution in [0, 0.1) is 0 Å². The second-order valence-electron chi connectivity index (χ2n) is 4.36. The predicted octanol–water partition coefficient (Wildman–Crippen LogP) is 3.56. The maximum absolute atomic E-state index is 12.1. The highest BCUT2D eigenvalue weighted by molar-refractivity contribution is 7.99. The molecule has 3 aromatic rings. The molecule has 1 aliphatic heterocycles. The summed E-state index contributed by atoms with van der Waals surface area (Å²) in [5.41, 5.74) is 1.66. The highest BCUT2D eigenvalue weighted by Gasteiger charge is 2.16. The van der Waals surface area contributed by atoms with Gasteiger partial charge in [0.25, 0.3) is 0 Å². The summed E-state index contributed by atoms with van der Waals surface area (Å²) in [5.74, 6) is 1.49. The zero-order chi connectivity index (χ0) is 12.8. The summed E-state index contributed by atoms with van der Waals surface area (Å²) in [5, 5.41) is 2.53. The molecule has 0 atom stereocenters. The topological polar surface area (TPSA) is 43.1 Å². The van der Waals surface area contributed by atoms with Crippen molar-refractivity contribution in [2.24, 2.45) is 0 Å². The molecular weight excluding hydrogens is 278 g/mol. The highest BCUT2D eigenvalue weighted by Crippen LogP contribution is 2.34. The van der Waals surface area contributed by atoms with Gasteiger partial charge in [-0.1, -0.05) is 6.07 Å². The van der Waals surface area contributed by atoms with Gasteiger partial charge in [-0.3, -0.25) is 0 Å². The van der Waals surface area contributed by atoms with Gasteiger partial charge in [-0.15, -0.1) is 23.1 Å². The summed E-state index contributed by atoms with van der Waals surface area (Å²) in [7, 11) is 0. The largest absolute Gasteiger partial charge is 0.402 e. The van der Waals surface area contributed by atoms with Gasteiger partial charge in [0.2, 0.25) is 5.89 Å². The fraction of sp³-hybridized carbons (Fsp3) is 0.143. The second kappa shape index (κ2) is 4.21. The summed E-state index contributed by atoms with van der Waals surface area (Å²) in [6.07, 6.45) is 1.02. The average molecular weight is 287 g/mol. The molecule has 0 unspecified atom stereocenters. The Morgan fingerprint density at radius 2 is 2.26 bits per heavy atom. The van der Waals surface area contributed by atoms with Gasteiger partial charge in [-0.05, 0) is 35.6 Å². The lowest BCUT2D eigenvalue weighted by Gasteiger charge is -2.02. The SMILES string of the molecule is O=c1oc(-c2cccs2)nc2cc3c(cc12)CCS3. The van der Waals surface area contributed by atoms with Crippen molar-refractivity contribution in [1.29, 1.82) is 0 Å². The van der Waals surface area contributed by atoms with E-state index in [9.17, 15) is 4.79 Å². The number of rotatable bonds is 1. The summed E-state index contributed by atoms with van der Waals surface area (Å²) in [6, 6.07) is 7.77. The lowest BCUT2D eigenvalue weighted by molar-refractivity contribution is 0.519. The van der Waals surface area contributed by atoms with Crippen molar-refractivity contribution < 1.29 is 4.42 Å². The summed E-state index contributed by atoms with van der Waals surface area (Å²) in [6.45, 7) is 0. The van der Waals surface area contributed by atoms with Gasteiger partial charge in [0.05, 0.1) is 15.8 Å². The van der Waals surface area contributed by atoms with Crippen LogP contribution in [0.1, 0.15) is 5.56 Å². The summed E-state index contributed by atoms with van der Waals surface area (Å²) >= 11 is 3.34. The van der Waals surface area contributed by atoms with Crippen molar-refractivity contribution in [3.8, 4) is 10.8 Å². The van der Waals surface area contributed by atoms with E-state index in [-0.39, 0.29) is 5.63 Å². The Morgan fingerprint density at radius 3 is 3.11 bits per heavy atom. The first-order valence-electron chi connectivity index (χ1n) is 5.96. The normalized spacial score (nSPS) is 13.9. The van der Waals surface area contributed by atoms with Crippen LogP contribution in [-0.2, 0) is 6.42 Å². The van der Waals surface area contributed by atoms with Crippen LogP contribution in [0.25, 0.3) is 21.7 Å². The quantitative estimate of drug-likeness (QED) is 0.686. The molecule has 0 amide bonds. The van der Waals surface area contributed by atoms with Gasteiger partial charge in [0.15, 0.2) is 0 Å². The van der Waals surface area contributed by atoms with Crippen LogP contribution < -0.4 is 5.63 Å². The van der Waals surface area contributed by atoms with E-state index < -0.39 is 0 Å². The molecule has 3 nitrogen and oxygen atoms in total. The third-order valence-electron chi connectivity index (χ3n) is 3.17. The smallest absolute Gasteiger partial charge is 0.347 e. The molecule has 0 radical (unpaired) electrons. The van der Waals surface area contributed by atoms with Gasteiger partial charge in [-0.2, -0.15) is 0 Å². The Morgan fingerprint density at radius 1 is 1.32 bits per heavy atom. The third kappa shape index (κ3) is 1.81. The molecule has 5 heteroatoms. The fourth-order valence-electron chi connectivity index (χ4n) is 2.25. The van der Waals surface area contributed by atoms with Gasteiger partial charge in [-0.25, -0.2) is 9.78 Å². The zero-order valence-corrected chi connectivity index (χ0v) is 11.5. The molecule has 1 aliphatic rings. The van der Waals surface area contributed by atoms with Crippen LogP contribution in [0.2, 0.25) is 0 Å². The van der Waals surface area contributed by atoms with E-state index in [0.717, 1.165) is 22.6 Å². The molecule has 94 valence electrons. The number of hydrogen-bond acceptors (Lipinski definition) is 5. The van der Waals surface area contributed by atoms with Crippen molar-refractivity contribution in [1.82, 2.24) is 4.98 Å². The van der Waals surface area contributed by atoms with Gasteiger partial charge in [0.1, 0.15) is 0 Å². The van der Waals surface area contributed by atoms with Crippen molar-refractivity contribution in [2.45, 2.75) is 11.3 Å². The highest BCUT2D eigenvalue weighted by atomic mass is 32.2. The standard InChI is InChI=1S/C14H9NO2S2/c16-14-9-6-8-3-5-19-12(8)7-10(9)15-13(17-14)11-2-1-4-18-11/h1-2,4,6-7H,3,5H2. The van der Waals surface area contributed by atoms with Crippen molar-refractivity contribution >= 4 is 34.0 Å². The van der Waals surface area contributed by atoms with E-state index in [0.29, 0.717) is 11.3 Å². The van der Waals surface area contributed by atoms with Crippen molar-refractivity contribution in [3.63, 3.8) is 0 Å². The third-order valence-corrected chi connectivity index (χ3v) is 5.13. The first-order chi connectivity index (χ1) is 9.31. The van der Waals surface area contributed by atoms with E-state index in [4.69, 9.17) is 4.42 Å². The van der Waals surface area contributed by atoms with Crippen LogP contribution in [-0.4, -0.2) is 10.7 Å². The number of aryl methyl sites for hydroxylation is 1. The fourth-order valence-corrected chi connectivity index (χ4v) is 3.98. The van der Waals surface area contributed by atoms with Crippen LogP contribution in [0.3, 0.4) is 0 Å². The average Bonchev–Trinajstić information content (AvgIpc) is 3.07. The van der Waals surface area contributed by atoms with Gasteiger partial charge >= 0.3 is 5.63 Å². The van der Waals surface area contributed by atoms with E-state index in [1.165, 1.54) is 21.8 Å². The molecule has 0 fully saturated rings. The number of benzene rings is 1. The van der Waals surface area contributed by atoms with Crippen LogP contribution in [0.15, 0.2) is 43.8 Å². The molecule has 0 bridgehead atoms. The lowest BCUT2D eigenvalue weighted by atomic mass is 10.1. The monoisotopic (exact) mass is 287 g/mol. The second-order valence-corrected chi connectivity index (χ2v) is 6.44. The zero-order valence-electron chi connectivity index (χ0n) is 9.88. The number of thioether (sulfide) groups is 1. The van der Waals surface area contributed by atoms with Gasteiger partial charge < -0.3 is 4.42 Å². The predicted molar refractivity (Wildman–Crippen MR) is 78.0 cm³/mol. The Balaban J connectivity index is 2.01. The molecule has 2 aromatic heterocycles. The Labute approximate surface area is 117 Å². The molecule has 0 saturated carbocycles. The molecule has 3 heterocycles. The van der Waals surface area contributed by atoms with Crippen molar-refractivity contribution in [2.75, 3.05) is 5.75 Å². The molecule has 0 spiro atoms. The van der Waals surface area contributed by atoms with Crippen LogP contribution in [0.5, 0.6) is 0 Å². The lowest BCUT2D eigenvalue weighted by Crippen LogP contribution is -2.03. The Hall–Kier alpha value is -1.59. The van der Waals surface area contributed by atoms with Crippen molar-refractivity contribution in [3.05, 3.63) is 45.6 Å². The van der Waals surface area contributed by atoms with Crippen LogP contribution >= 0.6 is 23.1 Å². The maximum atomic E-state index is 12.1. The first-order valence-corrected chi connectivity index (χ1v) is 7.82. The first kappa shape index (κ1) is 11.3. The minimum Gasteiger partial charge on any atom is -0.402 e. The minimum atomic E-state index is -0.298. The summed E-state index contributed by atoms with van der Waals surface area (Å²) < 4.78 is 5.33. The summed E-state index contributed by atoms with van der Waals surface area (Å²) in [4.78, 5) is 18.7. The molecule has 0 aliphatic carbocycles. The molecule has 1 aromatic carbocycles. The maximum Gasteiger partial charge on any atom is 0.347 e. The molecule has 19 heavy (non-hydrogen) atoms. The van der Waals surface area contributed by atoms with E-state index in [1.54, 1.807) is 0 Å². The van der Waals surface area contributed by atoms with E-state index >= 15 is 0 Å². The number of thiophene rings is 1. The number of hydrogen-bond donors (Lipinski definition) is 0. The van der Waals surface area contributed by atoms with Gasteiger partial charge in [0, 0.05) is 10.6 Å². The van der Waals surface area contributed by atoms with E-state index in [1.807, 2.05) is 41.4 Å². The van der Waals surface area contributed by atoms with Crippen LogP contribution in [0.4, 0.5) is 0 Å². The molecule has 4 rings (SSSR count). The Bertz CT molecular complexity index is 821. The number of fused-ring (bicyclic) bond motifs is 2. The molecular formula is C14H9NO2S2. The minimum absolute atomic E-state index is 0.298. The molecule has 0 N–H and O–H groups in total. The number of nitrogens with zero attached hydrogens (tertiary/aromatic N) is 1. The Kier molecular flexibility index (Phi) is 2.50. The van der Waals surface area contributed by atoms with E-state index in [2.05, 4.69) is 4.98 Å². The molecule has 0 saturated heterocycles.